The third kappa shape index (κ3) is 3.20. The van der Waals surface area contributed by atoms with Crippen LogP contribution in [-0.2, 0) is 0 Å². The Morgan fingerprint density at radius 3 is 3.00 bits per heavy atom. The summed E-state index contributed by atoms with van der Waals surface area (Å²) in [6.45, 7) is 2.27. The summed E-state index contributed by atoms with van der Waals surface area (Å²) in [5.74, 6) is 0.847. The number of thiophene rings is 1. The molecule has 0 aromatic carbocycles. The minimum Gasteiger partial charge on any atom is -0.349 e. The summed E-state index contributed by atoms with van der Waals surface area (Å²) in [7, 11) is 0. The molecule has 88 valence electrons. The van der Waals surface area contributed by atoms with Crippen molar-refractivity contribution >= 4 is 39.8 Å². The lowest BCUT2D eigenvalue weighted by molar-refractivity contribution is 0.0922. The molecule has 2 atom stereocenters. The summed E-state index contributed by atoms with van der Waals surface area (Å²) in [6, 6.07) is 2.33. The second-order valence-corrected chi connectivity index (χ2v) is 7.39. The zero-order chi connectivity index (χ0) is 11.5. The van der Waals surface area contributed by atoms with Gasteiger partial charge < -0.3 is 5.32 Å². The Morgan fingerprint density at radius 1 is 1.56 bits per heavy atom. The van der Waals surface area contributed by atoms with Crippen LogP contribution >= 0.6 is 33.9 Å². The summed E-state index contributed by atoms with van der Waals surface area (Å²) in [4.78, 5) is 11.9. The highest BCUT2D eigenvalue weighted by molar-refractivity contribution is 14.1. The molecule has 2 nitrogen and oxygen atoms in total. The smallest absolute Gasteiger partial charge is 0.252 e. The maximum Gasteiger partial charge on any atom is 0.252 e. The minimum atomic E-state index is 0.0956. The van der Waals surface area contributed by atoms with Crippen molar-refractivity contribution in [3.8, 4) is 0 Å². The van der Waals surface area contributed by atoms with Crippen molar-refractivity contribution in [1.82, 2.24) is 5.32 Å². The van der Waals surface area contributed by atoms with Crippen molar-refractivity contribution < 1.29 is 4.79 Å². The molecule has 1 aliphatic rings. The monoisotopic (exact) mass is 349 g/mol. The molecule has 1 heterocycles. The quantitative estimate of drug-likeness (QED) is 0.812. The SMILES string of the molecule is CC1CCCC(NC(=O)c2csc(I)c2)C1. The van der Waals surface area contributed by atoms with E-state index in [2.05, 4.69) is 34.8 Å². The van der Waals surface area contributed by atoms with Crippen LogP contribution < -0.4 is 5.32 Å². The highest BCUT2D eigenvalue weighted by Gasteiger charge is 2.21. The maximum absolute atomic E-state index is 11.9. The van der Waals surface area contributed by atoms with Gasteiger partial charge in [-0.25, -0.2) is 0 Å². The Balaban J connectivity index is 1.92. The fraction of sp³-hybridized carbons (Fsp3) is 0.583. The van der Waals surface area contributed by atoms with Crippen LogP contribution in [0.3, 0.4) is 0 Å². The molecule has 1 fully saturated rings. The van der Waals surface area contributed by atoms with Gasteiger partial charge in [-0.3, -0.25) is 4.79 Å². The zero-order valence-corrected chi connectivity index (χ0v) is 12.3. The van der Waals surface area contributed by atoms with Crippen LogP contribution in [-0.4, -0.2) is 11.9 Å². The molecule has 1 aromatic heterocycles. The van der Waals surface area contributed by atoms with E-state index in [1.54, 1.807) is 11.3 Å². The second kappa shape index (κ2) is 5.49. The van der Waals surface area contributed by atoms with Crippen molar-refractivity contribution in [1.29, 1.82) is 0 Å². The van der Waals surface area contributed by atoms with Gasteiger partial charge in [0.1, 0.15) is 0 Å². The van der Waals surface area contributed by atoms with Gasteiger partial charge in [0.25, 0.3) is 5.91 Å². The van der Waals surface area contributed by atoms with Crippen LogP contribution in [0.2, 0.25) is 0 Å². The van der Waals surface area contributed by atoms with E-state index in [0.717, 1.165) is 24.3 Å². The number of rotatable bonds is 2. The van der Waals surface area contributed by atoms with Gasteiger partial charge in [-0.05, 0) is 47.4 Å². The highest BCUT2D eigenvalue weighted by atomic mass is 127. The fourth-order valence-electron chi connectivity index (χ4n) is 2.26. The minimum absolute atomic E-state index is 0.0956. The van der Waals surface area contributed by atoms with Crippen molar-refractivity contribution in [3.63, 3.8) is 0 Å². The first-order chi connectivity index (χ1) is 7.65. The molecular weight excluding hydrogens is 333 g/mol. The first kappa shape index (κ1) is 12.4. The van der Waals surface area contributed by atoms with Crippen molar-refractivity contribution in [2.24, 2.45) is 5.92 Å². The van der Waals surface area contributed by atoms with Crippen LogP contribution in [0.15, 0.2) is 11.4 Å². The lowest BCUT2D eigenvalue weighted by Crippen LogP contribution is -2.37. The lowest BCUT2D eigenvalue weighted by atomic mass is 9.87. The fourth-order valence-corrected chi connectivity index (χ4v) is 3.59. The molecule has 1 amide bonds. The predicted octanol–water partition coefficient (Wildman–Crippen LogP) is 3.66. The van der Waals surface area contributed by atoms with Crippen LogP contribution in [0.25, 0.3) is 0 Å². The third-order valence-electron chi connectivity index (χ3n) is 3.10. The molecule has 1 N–H and O–H groups in total. The molecule has 0 bridgehead atoms. The van der Waals surface area contributed by atoms with Gasteiger partial charge in [-0.15, -0.1) is 11.3 Å². The summed E-state index contributed by atoms with van der Waals surface area (Å²) >= 11 is 3.87. The molecule has 0 radical (unpaired) electrons. The Labute approximate surface area is 114 Å². The Hall–Kier alpha value is -0.100. The van der Waals surface area contributed by atoms with E-state index in [4.69, 9.17) is 0 Å². The first-order valence-corrected chi connectivity index (χ1v) is 7.66. The first-order valence-electron chi connectivity index (χ1n) is 5.70. The average molecular weight is 349 g/mol. The van der Waals surface area contributed by atoms with Gasteiger partial charge in [0, 0.05) is 11.4 Å². The molecule has 1 aliphatic carbocycles. The standard InChI is InChI=1S/C12H16INOS/c1-8-3-2-4-10(5-8)14-12(15)9-6-11(13)16-7-9/h6-8,10H,2-5H2,1H3,(H,14,15). The van der Waals surface area contributed by atoms with E-state index in [1.165, 1.54) is 15.7 Å². The number of hydrogen-bond donors (Lipinski definition) is 1. The molecule has 0 saturated heterocycles. The largest absolute Gasteiger partial charge is 0.349 e. The highest BCUT2D eigenvalue weighted by Crippen LogP contribution is 2.24. The van der Waals surface area contributed by atoms with Crippen LogP contribution in [0.5, 0.6) is 0 Å². The molecule has 1 saturated carbocycles. The van der Waals surface area contributed by atoms with Gasteiger partial charge in [-0.2, -0.15) is 0 Å². The average Bonchev–Trinajstić information content (AvgIpc) is 2.65. The van der Waals surface area contributed by atoms with Crippen molar-refractivity contribution in [2.45, 2.75) is 38.6 Å². The molecule has 0 spiro atoms. The molecule has 4 heteroatoms. The third-order valence-corrected chi connectivity index (χ3v) is 4.89. The van der Waals surface area contributed by atoms with E-state index in [-0.39, 0.29) is 5.91 Å². The normalized spacial score (nSPS) is 25.4. The summed E-state index contributed by atoms with van der Waals surface area (Å²) in [5.41, 5.74) is 0.813. The summed E-state index contributed by atoms with van der Waals surface area (Å²) in [6.07, 6.45) is 4.82. The zero-order valence-electron chi connectivity index (χ0n) is 9.33. The Bertz CT molecular complexity index is 377. The van der Waals surface area contributed by atoms with Gasteiger partial charge in [-0.1, -0.05) is 19.8 Å². The predicted molar refractivity (Wildman–Crippen MR) is 75.9 cm³/mol. The van der Waals surface area contributed by atoms with Crippen LogP contribution in [0.1, 0.15) is 43.0 Å². The van der Waals surface area contributed by atoms with Crippen molar-refractivity contribution in [3.05, 3.63) is 19.9 Å². The van der Waals surface area contributed by atoms with E-state index in [0.29, 0.717) is 6.04 Å². The van der Waals surface area contributed by atoms with E-state index >= 15 is 0 Å². The van der Waals surface area contributed by atoms with Crippen LogP contribution in [0, 0.1) is 8.80 Å². The second-order valence-electron chi connectivity index (χ2n) is 4.58. The van der Waals surface area contributed by atoms with E-state index in [9.17, 15) is 4.79 Å². The summed E-state index contributed by atoms with van der Waals surface area (Å²) in [5, 5.41) is 5.08. The molecule has 16 heavy (non-hydrogen) atoms. The molecule has 1 aromatic rings. The van der Waals surface area contributed by atoms with Crippen molar-refractivity contribution in [2.75, 3.05) is 0 Å². The molecule has 2 rings (SSSR count). The number of halogens is 1. The number of nitrogens with one attached hydrogen (secondary N) is 1. The van der Waals surface area contributed by atoms with Gasteiger partial charge in [0.05, 0.1) is 8.45 Å². The molecular formula is C12H16INOS. The van der Waals surface area contributed by atoms with Gasteiger partial charge in [0.15, 0.2) is 0 Å². The number of amides is 1. The van der Waals surface area contributed by atoms with Gasteiger partial charge >= 0.3 is 0 Å². The van der Waals surface area contributed by atoms with E-state index < -0.39 is 0 Å². The van der Waals surface area contributed by atoms with Gasteiger partial charge in [0.2, 0.25) is 0 Å². The van der Waals surface area contributed by atoms with Crippen LogP contribution in [0.4, 0.5) is 0 Å². The summed E-state index contributed by atoms with van der Waals surface area (Å²) < 4.78 is 1.17. The molecule has 2 unspecified atom stereocenters. The maximum atomic E-state index is 11.9. The lowest BCUT2D eigenvalue weighted by Gasteiger charge is -2.27. The topological polar surface area (TPSA) is 29.1 Å². The number of carbonyl (C=O) groups is 1. The molecule has 0 aliphatic heterocycles. The number of hydrogen-bond acceptors (Lipinski definition) is 2. The number of carbonyl (C=O) groups excluding carboxylic acids is 1. The Kier molecular flexibility index (Phi) is 4.24. The van der Waals surface area contributed by atoms with E-state index in [1.807, 2.05) is 11.4 Å². The Morgan fingerprint density at radius 2 is 2.38 bits per heavy atom.